The SMILES string of the molecule is CNCc1ccc(OC)cc1OCCn1cccn1. The van der Waals surface area contributed by atoms with Gasteiger partial charge in [0.2, 0.25) is 0 Å². The predicted molar refractivity (Wildman–Crippen MR) is 73.5 cm³/mol. The molecule has 0 bridgehead atoms. The highest BCUT2D eigenvalue weighted by Crippen LogP contribution is 2.24. The molecule has 0 aliphatic heterocycles. The van der Waals surface area contributed by atoms with E-state index >= 15 is 0 Å². The molecule has 0 atom stereocenters. The molecule has 1 aromatic heterocycles. The zero-order chi connectivity index (χ0) is 13.5. The molecule has 2 rings (SSSR count). The Morgan fingerprint density at radius 1 is 1.37 bits per heavy atom. The first-order valence-corrected chi connectivity index (χ1v) is 6.25. The van der Waals surface area contributed by atoms with E-state index in [9.17, 15) is 0 Å². The number of hydrogen-bond donors (Lipinski definition) is 1. The van der Waals surface area contributed by atoms with E-state index in [1.165, 1.54) is 0 Å². The molecule has 2 aromatic rings. The average molecular weight is 261 g/mol. The first kappa shape index (κ1) is 13.4. The third kappa shape index (κ3) is 3.72. The van der Waals surface area contributed by atoms with Crippen LogP contribution in [0.15, 0.2) is 36.7 Å². The van der Waals surface area contributed by atoms with E-state index in [-0.39, 0.29) is 0 Å². The Hall–Kier alpha value is -2.01. The minimum absolute atomic E-state index is 0.575. The van der Waals surface area contributed by atoms with Gasteiger partial charge in [0.15, 0.2) is 0 Å². The Bertz CT molecular complexity index is 497. The van der Waals surface area contributed by atoms with E-state index in [1.54, 1.807) is 13.3 Å². The van der Waals surface area contributed by atoms with E-state index in [1.807, 2.05) is 42.2 Å². The van der Waals surface area contributed by atoms with Crippen LogP contribution in [0, 0.1) is 0 Å². The average Bonchev–Trinajstić information content (AvgIpc) is 2.94. The Kier molecular flexibility index (Phi) is 4.80. The Morgan fingerprint density at radius 2 is 2.26 bits per heavy atom. The summed E-state index contributed by atoms with van der Waals surface area (Å²) >= 11 is 0. The van der Waals surface area contributed by atoms with Gasteiger partial charge < -0.3 is 14.8 Å². The van der Waals surface area contributed by atoms with Crippen molar-refractivity contribution < 1.29 is 9.47 Å². The van der Waals surface area contributed by atoms with Crippen LogP contribution in [-0.2, 0) is 13.1 Å². The maximum atomic E-state index is 5.82. The van der Waals surface area contributed by atoms with Gasteiger partial charge in [-0.15, -0.1) is 0 Å². The molecule has 1 N–H and O–H groups in total. The summed E-state index contributed by atoms with van der Waals surface area (Å²) in [5.41, 5.74) is 1.11. The molecule has 102 valence electrons. The molecule has 1 aromatic carbocycles. The summed E-state index contributed by atoms with van der Waals surface area (Å²) in [6, 6.07) is 7.76. The maximum absolute atomic E-state index is 5.82. The normalized spacial score (nSPS) is 10.4. The molecule has 0 aliphatic carbocycles. The molecular formula is C14H19N3O2. The number of methoxy groups -OCH3 is 1. The van der Waals surface area contributed by atoms with E-state index < -0.39 is 0 Å². The summed E-state index contributed by atoms with van der Waals surface area (Å²) in [6.07, 6.45) is 3.68. The lowest BCUT2D eigenvalue weighted by Gasteiger charge is -2.13. The first-order valence-electron chi connectivity index (χ1n) is 6.25. The van der Waals surface area contributed by atoms with Gasteiger partial charge >= 0.3 is 0 Å². The Balaban J connectivity index is 2.00. The van der Waals surface area contributed by atoms with Crippen molar-refractivity contribution in [1.29, 1.82) is 0 Å². The number of nitrogens with one attached hydrogen (secondary N) is 1. The van der Waals surface area contributed by atoms with E-state index in [4.69, 9.17) is 9.47 Å². The third-order valence-electron chi connectivity index (χ3n) is 2.78. The standard InChI is InChI=1S/C14H19N3O2/c1-15-11-12-4-5-13(18-2)10-14(12)19-9-8-17-7-3-6-16-17/h3-7,10,15H,8-9,11H2,1-2H3. The minimum atomic E-state index is 0.575. The van der Waals surface area contributed by atoms with Crippen molar-refractivity contribution in [2.75, 3.05) is 20.8 Å². The molecule has 0 amide bonds. The lowest BCUT2D eigenvalue weighted by Crippen LogP contribution is -2.11. The van der Waals surface area contributed by atoms with Crippen molar-refractivity contribution in [3.63, 3.8) is 0 Å². The minimum Gasteiger partial charge on any atom is -0.497 e. The predicted octanol–water partition coefficient (Wildman–Crippen LogP) is 1.69. The van der Waals surface area contributed by atoms with Gasteiger partial charge in [-0.25, -0.2) is 0 Å². The second kappa shape index (κ2) is 6.80. The fraction of sp³-hybridized carbons (Fsp3) is 0.357. The fourth-order valence-corrected chi connectivity index (χ4v) is 1.81. The van der Waals surface area contributed by atoms with Crippen molar-refractivity contribution in [3.8, 4) is 11.5 Å². The quantitative estimate of drug-likeness (QED) is 0.824. The van der Waals surface area contributed by atoms with Crippen LogP contribution in [0.25, 0.3) is 0 Å². The molecule has 5 nitrogen and oxygen atoms in total. The molecule has 5 heteroatoms. The zero-order valence-corrected chi connectivity index (χ0v) is 11.3. The molecule has 1 heterocycles. The third-order valence-corrected chi connectivity index (χ3v) is 2.78. The van der Waals surface area contributed by atoms with E-state index in [0.717, 1.165) is 30.2 Å². The Labute approximate surface area is 113 Å². The number of rotatable bonds is 7. The van der Waals surface area contributed by atoms with Gasteiger partial charge in [0.25, 0.3) is 0 Å². The largest absolute Gasteiger partial charge is 0.497 e. The van der Waals surface area contributed by atoms with Crippen LogP contribution in [0.3, 0.4) is 0 Å². The van der Waals surface area contributed by atoms with Gasteiger partial charge in [0.05, 0.1) is 13.7 Å². The second-order valence-corrected chi connectivity index (χ2v) is 4.12. The second-order valence-electron chi connectivity index (χ2n) is 4.12. The zero-order valence-electron chi connectivity index (χ0n) is 11.3. The van der Waals surface area contributed by atoms with Crippen LogP contribution < -0.4 is 14.8 Å². The summed E-state index contributed by atoms with van der Waals surface area (Å²) in [7, 11) is 3.57. The number of nitrogens with zero attached hydrogens (tertiary/aromatic N) is 2. The highest BCUT2D eigenvalue weighted by Gasteiger charge is 2.05. The van der Waals surface area contributed by atoms with Crippen LogP contribution in [0.1, 0.15) is 5.56 Å². The monoisotopic (exact) mass is 261 g/mol. The molecule has 0 saturated carbocycles. The fourth-order valence-electron chi connectivity index (χ4n) is 1.81. The summed E-state index contributed by atoms with van der Waals surface area (Å²) in [6.45, 7) is 2.07. The Morgan fingerprint density at radius 3 is 2.95 bits per heavy atom. The maximum Gasteiger partial charge on any atom is 0.127 e. The van der Waals surface area contributed by atoms with Crippen LogP contribution in [0.2, 0.25) is 0 Å². The van der Waals surface area contributed by atoms with E-state index in [0.29, 0.717) is 6.61 Å². The number of ether oxygens (including phenoxy) is 2. The number of aromatic nitrogens is 2. The molecule has 0 saturated heterocycles. The van der Waals surface area contributed by atoms with Crippen LogP contribution in [0.5, 0.6) is 11.5 Å². The molecular weight excluding hydrogens is 242 g/mol. The van der Waals surface area contributed by atoms with E-state index in [2.05, 4.69) is 10.4 Å². The van der Waals surface area contributed by atoms with Crippen molar-refractivity contribution in [2.24, 2.45) is 0 Å². The highest BCUT2D eigenvalue weighted by atomic mass is 16.5. The van der Waals surface area contributed by atoms with Gasteiger partial charge in [0, 0.05) is 30.6 Å². The highest BCUT2D eigenvalue weighted by molar-refractivity contribution is 5.40. The van der Waals surface area contributed by atoms with Crippen LogP contribution in [-0.4, -0.2) is 30.5 Å². The first-order chi connectivity index (χ1) is 9.33. The lowest BCUT2D eigenvalue weighted by molar-refractivity contribution is 0.286. The van der Waals surface area contributed by atoms with Gasteiger partial charge in [-0.3, -0.25) is 4.68 Å². The summed E-state index contributed by atoms with van der Waals surface area (Å²) in [5, 5.41) is 7.27. The van der Waals surface area contributed by atoms with Crippen LogP contribution >= 0.6 is 0 Å². The summed E-state index contributed by atoms with van der Waals surface area (Å²) in [5.74, 6) is 1.65. The van der Waals surface area contributed by atoms with Crippen LogP contribution in [0.4, 0.5) is 0 Å². The number of hydrogen-bond acceptors (Lipinski definition) is 4. The molecule has 0 spiro atoms. The van der Waals surface area contributed by atoms with Gasteiger partial charge in [-0.1, -0.05) is 6.07 Å². The summed E-state index contributed by atoms with van der Waals surface area (Å²) in [4.78, 5) is 0. The topological polar surface area (TPSA) is 48.3 Å². The summed E-state index contributed by atoms with van der Waals surface area (Å²) < 4.78 is 12.9. The number of benzene rings is 1. The van der Waals surface area contributed by atoms with Crippen molar-refractivity contribution in [1.82, 2.24) is 15.1 Å². The molecule has 0 radical (unpaired) electrons. The molecule has 0 aliphatic rings. The molecule has 0 unspecified atom stereocenters. The van der Waals surface area contributed by atoms with Crippen molar-refractivity contribution in [2.45, 2.75) is 13.1 Å². The lowest BCUT2D eigenvalue weighted by atomic mass is 10.2. The smallest absolute Gasteiger partial charge is 0.127 e. The van der Waals surface area contributed by atoms with Gasteiger partial charge in [-0.05, 0) is 19.2 Å². The van der Waals surface area contributed by atoms with Crippen molar-refractivity contribution in [3.05, 3.63) is 42.2 Å². The van der Waals surface area contributed by atoms with Crippen molar-refractivity contribution >= 4 is 0 Å². The van der Waals surface area contributed by atoms with Gasteiger partial charge in [0.1, 0.15) is 18.1 Å². The molecule has 0 fully saturated rings. The molecule has 19 heavy (non-hydrogen) atoms. The van der Waals surface area contributed by atoms with Gasteiger partial charge in [-0.2, -0.15) is 5.10 Å².